The van der Waals surface area contributed by atoms with Gasteiger partial charge in [-0.05, 0) is 48.6 Å². The van der Waals surface area contributed by atoms with Gasteiger partial charge in [0.15, 0.2) is 11.6 Å². The first-order chi connectivity index (χ1) is 20.8. The quantitative estimate of drug-likeness (QED) is 0.246. The molecular formula is C32H30O12. The van der Waals surface area contributed by atoms with Gasteiger partial charge in [-0.1, -0.05) is 18.2 Å². The topological polar surface area (TPSA) is 197 Å². The highest BCUT2D eigenvalue weighted by Crippen LogP contribution is 2.61. The van der Waals surface area contributed by atoms with Gasteiger partial charge >= 0.3 is 11.9 Å². The van der Waals surface area contributed by atoms with Crippen LogP contribution in [0.2, 0.25) is 0 Å². The van der Waals surface area contributed by atoms with Gasteiger partial charge in [-0.3, -0.25) is 14.4 Å². The number of fused-ring (bicyclic) bond motifs is 2. The van der Waals surface area contributed by atoms with Crippen LogP contribution in [-0.4, -0.2) is 75.0 Å². The number of methoxy groups -OCH3 is 2. The maximum atomic E-state index is 14.0. The Morgan fingerprint density at radius 1 is 1.07 bits per heavy atom. The molecule has 5 aliphatic rings. The lowest BCUT2D eigenvalue weighted by atomic mass is 9.61. The van der Waals surface area contributed by atoms with Crippen molar-refractivity contribution in [3.05, 3.63) is 69.3 Å². The van der Waals surface area contributed by atoms with E-state index in [-0.39, 0.29) is 64.2 Å². The number of ether oxygens (including phenoxy) is 3. The van der Waals surface area contributed by atoms with Gasteiger partial charge in [-0.2, -0.15) is 0 Å². The van der Waals surface area contributed by atoms with Crippen molar-refractivity contribution in [2.75, 3.05) is 14.2 Å². The highest BCUT2D eigenvalue weighted by atomic mass is 16.6. The van der Waals surface area contributed by atoms with Crippen LogP contribution in [-0.2, 0) is 30.3 Å². The second kappa shape index (κ2) is 9.93. The molecule has 1 heterocycles. The minimum Gasteiger partial charge on any atom is -0.507 e. The zero-order chi connectivity index (χ0) is 31.9. The van der Waals surface area contributed by atoms with Crippen molar-refractivity contribution < 1.29 is 58.9 Å². The molecular weight excluding hydrogens is 576 g/mol. The maximum absolute atomic E-state index is 14.0. The molecule has 12 nitrogen and oxygen atoms in total. The largest absolute Gasteiger partial charge is 0.507 e. The Hall–Kier alpha value is -4.68. The van der Waals surface area contributed by atoms with E-state index < -0.39 is 70.6 Å². The van der Waals surface area contributed by atoms with Gasteiger partial charge in [0.2, 0.25) is 5.60 Å². The SMILES string of the molecule is COC(=O)CCC(O)C1(C(=O)OC)CC(=O)c2c(cc3c(c2O)C2C=CC4(C3)C(=C(O)c3c(O)cc(C)cc3C4O)C2=O)O1. The molecule has 0 saturated carbocycles. The molecule has 0 saturated heterocycles. The van der Waals surface area contributed by atoms with Crippen LogP contribution in [0.4, 0.5) is 0 Å². The number of hydrogen-bond donors (Lipinski definition) is 5. The van der Waals surface area contributed by atoms with Crippen LogP contribution in [0.1, 0.15) is 69.5 Å². The van der Waals surface area contributed by atoms with Crippen molar-refractivity contribution in [2.45, 2.75) is 56.3 Å². The third-order valence-electron chi connectivity index (χ3n) is 9.23. The molecule has 12 heteroatoms. The van der Waals surface area contributed by atoms with E-state index >= 15 is 0 Å². The number of carbonyl (C=O) groups is 4. The molecule has 0 amide bonds. The average Bonchev–Trinajstić information content (AvgIpc) is 3.21. The number of benzene rings is 2. The van der Waals surface area contributed by atoms with Crippen LogP contribution in [0.5, 0.6) is 17.2 Å². The van der Waals surface area contributed by atoms with E-state index in [1.54, 1.807) is 19.1 Å². The van der Waals surface area contributed by atoms with Gasteiger partial charge in [-0.25, -0.2) is 4.79 Å². The number of ketones is 2. The smallest absolute Gasteiger partial charge is 0.353 e. The van der Waals surface area contributed by atoms with Gasteiger partial charge in [-0.15, -0.1) is 0 Å². The molecule has 0 radical (unpaired) electrons. The third-order valence-corrected chi connectivity index (χ3v) is 9.23. The molecule has 2 bridgehead atoms. The molecule has 5 N–H and O–H groups in total. The standard InChI is InChI=1S/C32H30O12/c1-13-8-16-23(17(33)9-13)28(39)25-26(37)15-6-7-31(25,29(16)40)11-14-10-19-24(27(38)22(14)15)18(34)12-32(44-19,30(41)43-3)20(35)4-5-21(36)42-2/h6-10,15,20,29,33,35,38-40H,4-5,11-12H2,1-3H3. The first-order valence-corrected chi connectivity index (χ1v) is 13.9. The number of phenolic OH excluding ortho intramolecular Hbond substituents is 2. The van der Waals surface area contributed by atoms with Crippen LogP contribution >= 0.6 is 0 Å². The van der Waals surface area contributed by atoms with Crippen LogP contribution < -0.4 is 4.74 Å². The minimum absolute atomic E-state index is 0.0621. The Bertz CT molecular complexity index is 1730. The predicted octanol–water partition coefficient (Wildman–Crippen LogP) is 2.38. The van der Waals surface area contributed by atoms with E-state index in [9.17, 15) is 44.7 Å². The van der Waals surface area contributed by atoms with E-state index in [2.05, 4.69) is 4.74 Å². The lowest BCUT2D eigenvalue weighted by Crippen LogP contribution is -2.58. The zero-order valence-corrected chi connectivity index (χ0v) is 24.0. The lowest BCUT2D eigenvalue weighted by molar-refractivity contribution is -0.172. The number of aromatic hydroxyl groups is 2. The number of Topliss-reactive ketones (excluding diaryl/α,β-unsaturated/α-hetero) is 2. The summed E-state index contributed by atoms with van der Waals surface area (Å²) in [5, 5.41) is 56.4. The number of hydrogen-bond acceptors (Lipinski definition) is 12. The van der Waals surface area contributed by atoms with E-state index in [1.165, 1.54) is 18.2 Å². The molecule has 5 atom stereocenters. The van der Waals surface area contributed by atoms with Crippen molar-refractivity contribution in [3.63, 3.8) is 0 Å². The second-order valence-electron chi connectivity index (χ2n) is 11.7. The molecule has 0 fully saturated rings. The van der Waals surface area contributed by atoms with E-state index in [1.807, 2.05) is 0 Å². The van der Waals surface area contributed by atoms with Crippen molar-refractivity contribution in [1.29, 1.82) is 0 Å². The monoisotopic (exact) mass is 606 g/mol. The lowest BCUT2D eigenvalue weighted by Gasteiger charge is -2.43. The van der Waals surface area contributed by atoms with Crippen LogP contribution in [0.15, 0.2) is 35.9 Å². The molecule has 44 heavy (non-hydrogen) atoms. The molecule has 7 rings (SSSR count). The van der Waals surface area contributed by atoms with E-state index in [4.69, 9.17) is 9.47 Å². The molecule has 5 unspecified atom stereocenters. The maximum Gasteiger partial charge on any atom is 0.353 e. The summed E-state index contributed by atoms with van der Waals surface area (Å²) < 4.78 is 15.5. The summed E-state index contributed by atoms with van der Waals surface area (Å²) in [6.45, 7) is 1.70. The van der Waals surface area contributed by atoms with Gasteiger partial charge in [0.1, 0.15) is 34.7 Å². The van der Waals surface area contributed by atoms with E-state index in [0.29, 0.717) is 5.56 Å². The Balaban J connectivity index is 1.51. The molecule has 2 aromatic rings. The Kier molecular flexibility index (Phi) is 6.63. The fourth-order valence-electron chi connectivity index (χ4n) is 7.16. The Morgan fingerprint density at radius 2 is 1.80 bits per heavy atom. The Morgan fingerprint density at radius 3 is 2.48 bits per heavy atom. The summed E-state index contributed by atoms with van der Waals surface area (Å²) in [5.41, 5.74) is -3.14. The minimum atomic E-state index is -2.26. The molecule has 0 aromatic heterocycles. The fraction of sp³-hybridized carbons (Fsp3) is 0.375. The summed E-state index contributed by atoms with van der Waals surface area (Å²) in [7, 11) is 2.21. The van der Waals surface area contributed by atoms with Crippen LogP contribution in [0.3, 0.4) is 0 Å². The van der Waals surface area contributed by atoms with Crippen LogP contribution in [0.25, 0.3) is 5.76 Å². The van der Waals surface area contributed by atoms with Crippen LogP contribution in [0, 0.1) is 12.3 Å². The van der Waals surface area contributed by atoms with Crippen molar-refractivity contribution >= 4 is 29.3 Å². The van der Waals surface area contributed by atoms with E-state index in [0.717, 1.165) is 14.2 Å². The first-order valence-electron chi connectivity index (χ1n) is 13.9. The summed E-state index contributed by atoms with van der Waals surface area (Å²) in [5.74, 6) is -5.96. The van der Waals surface area contributed by atoms with Gasteiger partial charge < -0.3 is 39.7 Å². The molecule has 4 aliphatic carbocycles. The average molecular weight is 607 g/mol. The summed E-state index contributed by atoms with van der Waals surface area (Å²) >= 11 is 0. The number of phenols is 2. The summed E-state index contributed by atoms with van der Waals surface area (Å²) in [6, 6.07) is 4.38. The Labute approximate surface area is 250 Å². The molecule has 1 aliphatic heterocycles. The highest BCUT2D eigenvalue weighted by molar-refractivity contribution is 6.13. The van der Waals surface area contributed by atoms with Gasteiger partial charge in [0.25, 0.3) is 0 Å². The number of aryl methyl sites for hydroxylation is 1. The summed E-state index contributed by atoms with van der Waals surface area (Å²) in [6.07, 6.45) is -1.49. The molecule has 230 valence electrons. The number of aliphatic hydroxyl groups excluding tert-OH is 3. The predicted molar refractivity (Wildman–Crippen MR) is 150 cm³/mol. The summed E-state index contributed by atoms with van der Waals surface area (Å²) in [4.78, 5) is 52.4. The number of carbonyl (C=O) groups excluding carboxylic acids is 4. The molecule has 2 aromatic carbocycles. The third kappa shape index (κ3) is 3.83. The van der Waals surface area contributed by atoms with Crippen molar-refractivity contribution in [2.24, 2.45) is 5.41 Å². The number of aliphatic hydroxyl groups is 3. The number of allylic oxidation sites excluding steroid dienone is 1. The highest BCUT2D eigenvalue weighted by Gasteiger charge is 2.58. The van der Waals surface area contributed by atoms with Crippen molar-refractivity contribution in [3.8, 4) is 17.2 Å². The van der Waals surface area contributed by atoms with Gasteiger partial charge in [0, 0.05) is 12.0 Å². The van der Waals surface area contributed by atoms with Gasteiger partial charge in [0.05, 0.1) is 49.2 Å². The first kappa shape index (κ1) is 29.4. The number of rotatable bonds is 5. The van der Waals surface area contributed by atoms with Crippen molar-refractivity contribution in [1.82, 2.24) is 0 Å². The second-order valence-corrected chi connectivity index (χ2v) is 11.7. The zero-order valence-electron chi connectivity index (χ0n) is 24.0. The normalized spacial score (nSPS) is 26.9. The molecule has 1 spiro atoms. The number of esters is 2. The fourth-order valence-corrected chi connectivity index (χ4v) is 7.16.